The smallest absolute Gasteiger partial charge is 0.164 e. The van der Waals surface area contributed by atoms with E-state index in [1.165, 1.54) is 33.4 Å². The molecule has 0 atom stereocenters. The Morgan fingerprint density at radius 1 is 0.368 bits per heavy atom. The highest BCUT2D eigenvalue weighted by Crippen LogP contribution is 2.63. The molecule has 0 radical (unpaired) electrons. The van der Waals surface area contributed by atoms with Gasteiger partial charge in [-0.2, -0.15) is 5.26 Å². The monoisotopic (exact) mass is 725 g/mol. The first kappa shape index (κ1) is 32.6. The Morgan fingerprint density at radius 3 is 1.46 bits per heavy atom. The molecule has 0 amide bonds. The topological polar surface area (TPSA) is 75.3 Å². The highest BCUT2D eigenvalue weighted by atomic mass is 15.0. The lowest BCUT2D eigenvalue weighted by molar-refractivity contribution is 0.793. The predicted molar refractivity (Wildman–Crippen MR) is 226 cm³/mol. The summed E-state index contributed by atoms with van der Waals surface area (Å²) in [4.78, 5) is 19.7. The molecular weight excluding hydrogens is 695 g/mol. The van der Waals surface area contributed by atoms with Crippen molar-refractivity contribution < 1.29 is 0 Å². The summed E-state index contributed by atoms with van der Waals surface area (Å²) in [6.07, 6.45) is 3.69. The second-order valence-corrected chi connectivity index (χ2v) is 14.6. The van der Waals surface area contributed by atoms with E-state index in [2.05, 4.69) is 114 Å². The average molecular weight is 726 g/mol. The summed E-state index contributed by atoms with van der Waals surface area (Å²) >= 11 is 0. The van der Waals surface area contributed by atoms with Gasteiger partial charge < -0.3 is 0 Å². The van der Waals surface area contributed by atoms with Gasteiger partial charge in [-0.15, -0.1) is 0 Å². The molecule has 5 nitrogen and oxygen atoms in total. The first-order valence-corrected chi connectivity index (χ1v) is 19.0. The zero-order valence-electron chi connectivity index (χ0n) is 30.6. The van der Waals surface area contributed by atoms with E-state index in [9.17, 15) is 5.26 Å². The van der Waals surface area contributed by atoms with Crippen LogP contribution >= 0.6 is 0 Å². The molecule has 0 fully saturated rings. The molecule has 0 N–H and O–H groups in total. The Kier molecular flexibility index (Phi) is 7.38. The van der Waals surface area contributed by atoms with Crippen LogP contribution in [0.5, 0.6) is 0 Å². The van der Waals surface area contributed by atoms with Crippen molar-refractivity contribution >= 4 is 0 Å². The Labute approximate surface area is 330 Å². The highest BCUT2D eigenvalue weighted by Gasteiger charge is 2.51. The van der Waals surface area contributed by atoms with Gasteiger partial charge in [-0.3, -0.25) is 4.98 Å². The molecule has 9 aromatic rings. The van der Waals surface area contributed by atoms with Gasteiger partial charge >= 0.3 is 0 Å². The number of rotatable bonds is 5. The molecule has 264 valence electrons. The molecule has 2 heterocycles. The van der Waals surface area contributed by atoms with E-state index in [4.69, 9.17) is 15.0 Å². The average Bonchev–Trinajstić information content (AvgIpc) is 3.76. The fraction of sp³-hybridized carbons (Fsp3) is 0.0192. The summed E-state index contributed by atoms with van der Waals surface area (Å²) in [5.74, 6) is 1.81. The molecule has 0 bridgehead atoms. The van der Waals surface area contributed by atoms with Crippen LogP contribution in [0.25, 0.3) is 78.7 Å². The van der Waals surface area contributed by atoms with Crippen molar-refractivity contribution in [1.82, 2.24) is 19.9 Å². The Morgan fingerprint density at radius 2 is 0.860 bits per heavy atom. The standard InChI is InChI=1S/C52H31N5/c53-31-33-21-23-43-44-24-22-36(30-48(44)52(47(43)26-33)45-19-9-7-17-41(45)42-18-8-10-20-46(42)52)38-27-39(37-16-11-25-54-32-37)29-40(28-38)51-56-49(34-12-3-1-4-13-34)55-50(57-51)35-14-5-2-6-15-35/h1-30,32H. The van der Waals surface area contributed by atoms with Crippen LogP contribution in [0, 0.1) is 11.3 Å². The molecule has 5 heteroatoms. The highest BCUT2D eigenvalue weighted by molar-refractivity contribution is 5.96. The molecule has 7 aromatic carbocycles. The first-order chi connectivity index (χ1) is 28.2. The van der Waals surface area contributed by atoms with Crippen LogP contribution in [-0.2, 0) is 5.41 Å². The van der Waals surface area contributed by atoms with Gasteiger partial charge in [-0.1, -0.05) is 133 Å². The van der Waals surface area contributed by atoms with Gasteiger partial charge in [0.2, 0.25) is 0 Å². The van der Waals surface area contributed by atoms with E-state index in [0.717, 1.165) is 50.1 Å². The molecule has 0 saturated carbocycles. The Balaban J connectivity index is 1.16. The van der Waals surface area contributed by atoms with Crippen molar-refractivity contribution in [2.45, 2.75) is 5.41 Å². The Bertz CT molecular complexity index is 2970. The van der Waals surface area contributed by atoms with Crippen molar-refractivity contribution in [3.8, 4) is 84.7 Å². The molecular formula is C52H31N5. The number of hydrogen-bond donors (Lipinski definition) is 0. The fourth-order valence-electron chi connectivity index (χ4n) is 8.95. The lowest BCUT2D eigenvalue weighted by atomic mass is 9.70. The SMILES string of the molecule is N#Cc1ccc2c(c1)C1(c3ccccc3-c3ccccc31)c1cc(-c3cc(-c4cccnc4)cc(-c4nc(-c5ccccc5)nc(-c5ccccc5)n4)c3)ccc1-2. The summed E-state index contributed by atoms with van der Waals surface area (Å²) in [5.41, 5.74) is 16.4. The largest absolute Gasteiger partial charge is 0.264 e. The van der Waals surface area contributed by atoms with Crippen LogP contribution < -0.4 is 0 Å². The number of benzene rings is 7. The van der Waals surface area contributed by atoms with E-state index in [1.54, 1.807) is 6.20 Å². The molecule has 11 rings (SSSR count). The van der Waals surface area contributed by atoms with Gasteiger partial charge in [-0.05, 0) is 104 Å². The lowest BCUT2D eigenvalue weighted by Crippen LogP contribution is -2.26. The van der Waals surface area contributed by atoms with Crippen LogP contribution in [0.1, 0.15) is 27.8 Å². The summed E-state index contributed by atoms with van der Waals surface area (Å²) < 4.78 is 0. The first-order valence-electron chi connectivity index (χ1n) is 19.0. The number of nitrogens with zero attached hydrogens (tertiary/aromatic N) is 5. The van der Waals surface area contributed by atoms with Crippen molar-refractivity contribution in [2.75, 3.05) is 0 Å². The summed E-state index contributed by atoms with van der Waals surface area (Å²) in [5, 5.41) is 10.1. The summed E-state index contributed by atoms with van der Waals surface area (Å²) in [6.45, 7) is 0. The maximum atomic E-state index is 10.1. The second-order valence-electron chi connectivity index (χ2n) is 14.6. The molecule has 2 aliphatic rings. The molecule has 0 unspecified atom stereocenters. The van der Waals surface area contributed by atoms with Crippen LogP contribution in [0.3, 0.4) is 0 Å². The quantitative estimate of drug-likeness (QED) is 0.177. The minimum atomic E-state index is -0.589. The third-order valence-electron chi connectivity index (χ3n) is 11.4. The lowest BCUT2D eigenvalue weighted by Gasteiger charge is -2.30. The molecule has 0 saturated heterocycles. The third-order valence-corrected chi connectivity index (χ3v) is 11.4. The number of hydrogen-bond acceptors (Lipinski definition) is 5. The zero-order valence-corrected chi connectivity index (χ0v) is 30.6. The molecule has 2 aliphatic carbocycles. The molecule has 57 heavy (non-hydrogen) atoms. The van der Waals surface area contributed by atoms with Crippen molar-refractivity contribution in [3.05, 3.63) is 216 Å². The molecule has 2 aromatic heterocycles. The number of pyridine rings is 1. The normalized spacial score (nSPS) is 12.7. The van der Waals surface area contributed by atoms with Gasteiger partial charge in [0.1, 0.15) is 0 Å². The minimum absolute atomic E-state index is 0.586. The number of aromatic nitrogens is 4. The summed E-state index contributed by atoms with van der Waals surface area (Å²) in [7, 11) is 0. The second kappa shape index (κ2) is 12.9. The molecule has 1 spiro atoms. The maximum absolute atomic E-state index is 10.1. The van der Waals surface area contributed by atoms with E-state index < -0.39 is 5.41 Å². The van der Waals surface area contributed by atoms with Crippen molar-refractivity contribution in [2.24, 2.45) is 0 Å². The van der Waals surface area contributed by atoms with E-state index >= 15 is 0 Å². The van der Waals surface area contributed by atoms with E-state index in [-0.39, 0.29) is 0 Å². The summed E-state index contributed by atoms with van der Waals surface area (Å²) in [6, 6.07) is 63.7. The van der Waals surface area contributed by atoms with Gasteiger partial charge in [0, 0.05) is 34.6 Å². The van der Waals surface area contributed by atoms with Crippen LogP contribution in [0.15, 0.2) is 188 Å². The van der Waals surface area contributed by atoms with E-state index in [1.807, 2.05) is 79.0 Å². The molecule has 0 aliphatic heterocycles. The number of nitriles is 1. The van der Waals surface area contributed by atoms with Crippen LogP contribution in [0.4, 0.5) is 0 Å². The van der Waals surface area contributed by atoms with Crippen LogP contribution in [0.2, 0.25) is 0 Å². The predicted octanol–water partition coefficient (Wildman–Crippen LogP) is 11.8. The van der Waals surface area contributed by atoms with Gasteiger partial charge in [0.15, 0.2) is 17.5 Å². The Hall–Kier alpha value is -7.81. The van der Waals surface area contributed by atoms with Gasteiger partial charge in [0.05, 0.1) is 17.0 Å². The van der Waals surface area contributed by atoms with Crippen LogP contribution in [-0.4, -0.2) is 19.9 Å². The van der Waals surface area contributed by atoms with Crippen molar-refractivity contribution in [1.29, 1.82) is 5.26 Å². The van der Waals surface area contributed by atoms with Crippen molar-refractivity contribution in [3.63, 3.8) is 0 Å². The number of fused-ring (bicyclic) bond motifs is 10. The van der Waals surface area contributed by atoms with Gasteiger partial charge in [-0.25, -0.2) is 15.0 Å². The maximum Gasteiger partial charge on any atom is 0.164 e. The van der Waals surface area contributed by atoms with Gasteiger partial charge in [0.25, 0.3) is 0 Å². The fourth-order valence-corrected chi connectivity index (χ4v) is 8.95. The van der Waals surface area contributed by atoms with E-state index in [0.29, 0.717) is 23.0 Å². The zero-order chi connectivity index (χ0) is 37.9. The minimum Gasteiger partial charge on any atom is -0.264 e. The third kappa shape index (κ3) is 5.09.